The van der Waals surface area contributed by atoms with Gasteiger partial charge < -0.3 is 15.1 Å². The fraction of sp³-hybridized carbons (Fsp3) is 0.625. The average molecular weight is 442 g/mol. The first-order valence-corrected chi connectivity index (χ1v) is 12.8. The number of carbonyl (C=O) groups excluding carboxylic acids is 1. The van der Waals surface area contributed by atoms with Gasteiger partial charge in [-0.25, -0.2) is 9.97 Å². The van der Waals surface area contributed by atoms with Crippen molar-refractivity contribution in [1.29, 1.82) is 0 Å². The molecule has 0 bridgehead atoms. The predicted molar refractivity (Wildman–Crippen MR) is 126 cm³/mol. The van der Waals surface area contributed by atoms with Crippen LogP contribution in [-0.2, 0) is 6.54 Å². The van der Waals surface area contributed by atoms with Crippen molar-refractivity contribution in [1.82, 2.24) is 19.8 Å². The van der Waals surface area contributed by atoms with Gasteiger partial charge in [0.05, 0.1) is 12.1 Å². The van der Waals surface area contributed by atoms with E-state index in [1.54, 1.807) is 23.7 Å². The molecule has 2 fully saturated rings. The lowest BCUT2D eigenvalue weighted by Gasteiger charge is -2.33. The van der Waals surface area contributed by atoms with Crippen molar-refractivity contribution in [2.24, 2.45) is 0 Å². The lowest BCUT2D eigenvalue weighted by Crippen LogP contribution is -2.37. The molecular formula is C24H35N5OS. The maximum absolute atomic E-state index is 13.0. The summed E-state index contributed by atoms with van der Waals surface area (Å²) in [6, 6.07) is 4.95. The zero-order chi connectivity index (χ0) is 21.5. The molecule has 2 aliphatic carbocycles. The van der Waals surface area contributed by atoms with Crippen LogP contribution in [0.3, 0.4) is 0 Å². The highest BCUT2D eigenvalue weighted by Crippen LogP contribution is 2.30. The average Bonchev–Trinajstić information content (AvgIpc) is 3.53. The van der Waals surface area contributed by atoms with Crippen LogP contribution in [0.2, 0.25) is 0 Å². The van der Waals surface area contributed by atoms with E-state index < -0.39 is 0 Å². The summed E-state index contributed by atoms with van der Waals surface area (Å²) in [7, 11) is 0. The molecule has 1 N–H and O–H groups in total. The van der Waals surface area contributed by atoms with Crippen LogP contribution in [-0.4, -0.2) is 57.4 Å². The van der Waals surface area contributed by atoms with E-state index in [4.69, 9.17) is 0 Å². The van der Waals surface area contributed by atoms with E-state index in [-0.39, 0.29) is 5.91 Å². The summed E-state index contributed by atoms with van der Waals surface area (Å²) < 4.78 is 0. The summed E-state index contributed by atoms with van der Waals surface area (Å²) in [5.41, 5.74) is 0.656. The van der Waals surface area contributed by atoms with Gasteiger partial charge in [-0.2, -0.15) is 0 Å². The summed E-state index contributed by atoms with van der Waals surface area (Å²) in [6.07, 6.45) is 13.7. The van der Waals surface area contributed by atoms with E-state index in [0.29, 0.717) is 18.2 Å². The van der Waals surface area contributed by atoms with Gasteiger partial charge in [-0.1, -0.05) is 26.2 Å². The second-order valence-corrected chi connectivity index (χ2v) is 9.70. The van der Waals surface area contributed by atoms with Crippen molar-refractivity contribution in [3.8, 4) is 0 Å². The van der Waals surface area contributed by atoms with E-state index in [1.165, 1.54) is 32.1 Å². The first-order chi connectivity index (χ1) is 15.2. The Hall–Kier alpha value is -1.99. The van der Waals surface area contributed by atoms with Gasteiger partial charge in [-0.15, -0.1) is 11.3 Å². The summed E-state index contributed by atoms with van der Waals surface area (Å²) in [6.45, 7) is 6.05. The van der Waals surface area contributed by atoms with Crippen molar-refractivity contribution < 1.29 is 4.79 Å². The van der Waals surface area contributed by atoms with Gasteiger partial charge in [0.15, 0.2) is 0 Å². The summed E-state index contributed by atoms with van der Waals surface area (Å²) in [4.78, 5) is 26.5. The molecule has 4 rings (SSSR count). The normalized spacial score (nSPS) is 17.1. The molecule has 0 spiro atoms. The zero-order valence-electron chi connectivity index (χ0n) is 18.6. The smallest absolute Gasteiger partial charge is 0.256 e. The number of rotatable bonds is 11. The van der Waals surface area contributed by atoms with Crippen LogP contribution in [0, 0.1) is 0 Å². The van der Waals surface area contributed by atoms with Crippen molar-refractivity contribution in [3.05, 3.63) is 40.5 Å². The maximum Gasteiger partial charge on any atom is 0.256 e. The second kappa shape index (κ2) is 11.0. The summed E-state index contributed by atoms with van der Waals surface area (Å²) >= 11 is 1.60. The Morgan fingerprint density at radius 3 is 2.61 bits per heavy atom. The van der Waals surface area contributed by atoms with Crippen LogP contribution >= 0.6 is 11.3 Å². The number of amides is 1. The quantitative estimate of drug-likeness (QED) is 0.508. The molecule has 2 aromatic rings. The third-order valence-electron chi connectivity index (χ3n) is 6.47. The van der Waals surface area contributed by atoms with Gasteiger partial charge in [0.25, 0.3) is 5.91 Å². The number of hydrogen-bond donors (Lipinski definition) is 1. The van der Waals surface area contributed by atoms with Gasteiger partial charge >= 0.3 is 0 Å². The first-order valence-electron chi connectivity index (χ1n) is 11.9. The van der Waals surface area contributed by atoms with Crippen LogP contribution in [0.1, 0.15) is 73.7 Å². The molecule has 0 unspecified atom stereocenters. The Labute approximate surface area is 190 Å². The fourth-order valence-electron chi connectivity index (χ4n) is 4.56. The molecule has 0 aliphatic heterocycles. The van der Waals surface area contributed by atoms with Crippen LogP contribution in [0.15, 0.2) is 29.9 Å². The second-order valence-electron chi connectivity index (χ2n) is 8.72. The number of carbonyl (C=O) groups is 1. The minimum Gasteiger partial charge on any atom is -0.370 e. The molecule has 2 aliphatic rings. The molecule has 0 radical (unpaired) electrons. The highest BCUT2D eigenvalue weighted by atomic mass is 32.1. The molecule has 31 heavy (non-hydrogen) atoms. The highest BCUT2D eigenvalue weighted by Gasteiger charge is 2.33. The number of thiazole rings is 1. The van der Waals surface area contributed by atoms with Gasteiger partial charge in [0, 0.05) is 42.9 Å². The molecule has 7 heteroatoms. The molecule has 1 amide bonds. The van der Waals surface area contributed by atoms with Crippen molar-refractivity contribution in [3.63, 3.8) is 0 Å². The van der Waals surface area contributed by atoms with Crippen molar-refractivity contribution in [2.75, 3.05) is 25.0 Å². The van der Waals surface area contributed by atoms with E-state index >= 15 is 0 Å². The fourth-order valence-corrected chi connectivity index (χ4v) is 5.18. The predicted octanol–water partition coefficient (Wildman–Crippen LogP) is 4.80. The molecule has 168 valence electrons. The van der Waals surface area contributed by atoms with Crippen LogP contribution in [0.4, 0.5) is 5.82 Å². The highest BCUT2D eigenvalue weighted by molar-refractivity contribution is 7.09. The lowest BCUT2D eigenvalue weighted by molar-refractivity contribution is 0.0729. The molecule has 0 aromatic carbocycles. The number of pyridine rings is 1. The van der Waals surface area contributed by atoms with Gasteiger partial charge in [0.1, 0.15) is 10.8 Å². The SMILES string of the molecule is CCN(CCCNc1ccc(C(=O)N(Cc2nccs2)C2CC2)cn1)C1CCCCC1. The lowest BCUT2D eigenvalue weighted by atomic mass is 9.94. The zero-order valence-corrected chi connectivity index (χ0v) is 19.4. The number of nitrogens with zero attached hydrogens (tertiary/aromatic N) is 4. The largest absolute Gasteiger partial charge is 0.370 e. The Kier molecular flexibility index (Phi) is 7.92. The Morgan fingerprint density at radius 1 is 1.13 bits per heavy atom. The molecule has 0 atom stereocenters. The van der Waals surface area contributed by atoms with Crippen molar-refractivity contribution >= 4 is 23.1 Å². The standard InChI is InChI=1S/C24H35N5OS/c1-2-28(20-7-4-3-5-8-20)15-6-13-25-22-12-9-19(17-27-22)24(30)29(21-10-11-21)18-23-26-14-16-31-23/h9,12,14,16-17,20-21H,2-8,10-11,13,15,18H2,1H3,(H,25,27). The number of nitrogens with one attached hydrogen (secondary N) is 1. The monoisotopic (exact) mass is 441 g/mol. The van der Waals surface area contributed by atoms with E-state index in [0.717, 1.165) is 55.8 Å². The number of anilines is 1. The van der Waals surface area contributed by atoms with E-state index in [9.17, 15) is 4.79 Å². The molecular weight excluding hydrogens is 406 g/mol. The van der Waals surface area contributed by atoms with Crippen LogP contribution < -0.4 is 5.32 Å². The number of aromatic nitrogens is 2. The first kappa shape index (κ1) is 22.2. The Morgan fingerprint density at radius 2 is 1.97 bits per heavy atom. The minimum absolute atomic E-state index is 0.0582. The van der Waals surface area contributed by atoms with Gasteiger partial charge in [-0.3, -0.25) is 4.79 Å². The Bertz CT molecular complexity index is 800. The number of hydrogen-bond acceptors (Lipinski definition) is 6. The maximum atomic E-state index is 13.0. The Balaban J connectivity index is 1.24. The third kappa shape index (κ3) is 6.26. The van der Waals surface area contributed by atoms with Crippen LogP contribution in [0.25, 0.3) is 0 Å². The third-order valence-corrected chi connectivity index (χ3v) is 7.24. The molecule has 2 aromatic heterocycles. The topological polar surface area (TPSA) is 61.4 Å². The molecule has 2 saturated carbocycles. The van der Waals surface area contributed by atoms with Gasteiger partial charge in [-0.05, 0) is 50.8 Å². The molecule has 0 saturated heterocycles. The van der Waals surface area contributed by atoms with E-state index in [1.807, 2.05) is 22.4 Å². The minimum atomic E-state index is 0.0582. The molecule has 2 heterocycles. The van der Waals surface area contributed by atoms with Crippen LogP contribution in [0.5, 0.6) is 0 Å². The van der Waals surface area contributed by atoms with Gasteiger partial charge in [0.2, 0.25) is 0 Å². The summed E-state index contributed by atoms with van der Waals surface area (Å²) in [5, 5.41) is 6.37. The molecule has 6 nitrogen and oxygen atoms in total. The van der Waals surface area contributed by atoms with E-state index in [2.05, 4.69) is 27.1 Å². The summed E-state index contributed by atoms with van der Waals surface area (Å²) in [5.74, 6) is 0.901. The van der Waals surface area contributed by atoms with Crippen molar-refractivity contribution in [2.45, 2.75) is 76.9 Å².